The molecule has 38 heavy (non-hydrogen) atoms. The minimum Gasteiger partial charge on any atom is -0.337 e. The molecule has 5 rings (SSSR count). The molecule has 0 spiro atoms. The number of sulfonamides is 1. The zero-order valence-corrected chi connectivity index (χ0v) is 23.1. The van der Waals surface area contributed by atoms with E-state index in [0.717, 1.165) is 50.1 Å². The Balaban J connectivity index is 1.20. The highest BCUT2D eigenvalue weighted by atomic mass is 35.5. The molecule has 0 saturated carbocycles. The van der Waals surface area contributed by atoms with Crippen LogP contribution in [0.4, 0.5) is 0 Å². The standard InChI is InChI=1S/C28H35ClN4O4S/c29-23-11-7-21(8-12-23)22-9-13-25(14-10-22)38(36,37)30-26-6-4-17-32(28(26)35)20-27(34)33-18-3-5-24(33)19-31-15-1-2-16-31/h7-14,24,26,30H,1-6,15-20H2/t24-,26-/m0/s1. The predicted octanol–water partition coefficient (Wildman–Crippen LogP) is 3.36. The average Bonchev–Trinajstić information content (AvgIpc) is 3.60. The molecular weight excluding hydrogens is 524 g/mol. The Labute approximate surface area is 230 Å². The smallest absolute Gasteiger partial charge is 0.242 e. The Kier molecular flexibility index (Phi) is 8.38. The molecule has 0 bridgehead atoms. The maximum Gasteiger partial charge on any atom is 0.242 e. The van der Waals surface area contributed by atoms with Gasteiger partial charge in [-0.1, -0.05) is 35.9 Å². The second-order valence-corrected chi connectivity index (χ2v) is 12.6. The third kappa shape index (κ3) is 6.22. The van der Waals surface area contributed by atoms with Gasteiger partial charge < -0.3 is 14.7 Å². The summed E-state index contributed by atoms with van der Waals surface area (Å²) in [5.41, 5.74) is 1.79. The molecule has 2 atom stereocenters. The minimum atomic E-state index is -3.91. The summed E-state index contributed by atoms with van der Waals surface area (Å²) in [6.07, 6.45) is 5.46. The van der Waals surface area contributed by atoms with Gasteiger partial charge >= 0.3 is 0 Å². The topological polar surface area (TPSA) is 90.0 Å². The summed E-state index contributed by atoms with van der Waals surface area (Å²) >= 11 is 5.96. The number of nitrogens with zero attached hydrogens (tertiary/aromatic N) is 3. The first-order chi connectivity index (χ1) is 18.3. The Morgan fingerprint density at radius 3 is 2.18 bits per heavy atom. The highest BCUT2D eigenvalue weighted by Gasteiger charge is 2.36. The van der Waals surface area contributed by atoms with E-state index in [-0.39, 0.29) is 29.3 Å². The first-order valence-electron chi connectivity index (χ1n) is 13.5. The van der Waals surface area contributed by atoms with E-state index in [1.54, 1.807) is 24.3 Å². The van der Waals surface area contributed by atoms with Gasteiger partial charge in [0.2, 0.25) is 21.8 Å². The van der Waals surface area contributed by atoms with Gasteiger partial charge in [0.05, 0.1) is 11.4 Å². The summed E-state index contributed by atoms with van der Waals surface area (Å²) in [6.45, 7) is 4.27. The summed E-state index contributed by atoms with van der Waals surface area (Å²) in [4.78, 5) is 32.4. The van der Waals surface area contributed by atoms with Crippen LogP contribution in [0.5, 0.6) is 0 Å². The molecule has 1 N–H and O–H groups in total. The number of carbonyl (C=O) groups is 2. The highest BCUT2D eigenvalue weighted by Crippen LogP contribution is 2.25. The quantitative estimate of drug-likeness (QED) is 0.536. The first-order valence-corrected chi connectivity index (χ1v) is 15.4. The van der Waals surface area contributed by atoms with Gasteiger partial charge in [0, 0.05) is 30.7 Å². The van der Waals surface area contributed by atoms with Gasteiger partial charge in [-0.3, -0.25) is 9.59 Å². The number of benzene rings is 2. The number of piperidine rings is 1. The largest absolute Gasteiger partial charge is 0.337 e. The molecule has 2 aromatic rings. The van der Waals surface area contributed by atoms with Gasteiger partial charge in [0.25, 0.3) is 0 Å². The molecule has 3 heterocycles. The van der Waals surface area contributed by atoms with Gasteiger partial charge in [-0.05, 0) is 87.0 Å². The van der Waals surface area contributed by atoms with E-state index in [2.05, 4.69) is 9.62 Å². The van der Waals surface area contributed by atoms with Crippen molar-refractivity contribution in [1.29, 1.82) is 0 Å². The van der Waals surface area contributed by atoms with Crippen molar-refractivity contribution < 1.29 is 18.0 Å². The Bertz CT molecular complexity index is 1250. The number of nitrogens with one attached hydrogen (secondary N) is 1. The van der Waals surface area contributed by atoms with E-state index in [0.29, 0.717) is 24.4 Å². The molecular formula is C28H35ClN4O4S. The molecule has 3 aliphatic heterocycles. The average molecular weight is 559 g/mol. The monoisotopic (exact) mass is 558 g/mol. The molecule has 3 fully saturated rings. The molecule has 8 nitrogen and oxygen atoms in total. The fourth-order valence-electron chi connectivity index (χ4n) is 5.80. The third-order valence-electron chi connectivity index (χ3n) is 7.86. The molecule has 3 saturated heterocycles. The van der Waals surface area contributed by atoms with E-state index in [4.69, 9.17) is 11.6 Å². The number of carbonyl (C=O) groups excluding carboxylic acids is 2. The maximum atomic E-state index is 13.2. The fraction of sp³-hybridized carbons (Fsp3) is 0.500. The summed E-state index contributed by atoms with van der Waals surface area (Å²) in [5.74, 6) is -0.373. The summed E-state index contributed by atoms with van der Waals surface area (Å²) in [7, 11) is -3.91. The van der Waals surface area contributed by atoms with E-state index in [1.807, 2.05) is 17.0 Å². The molecule has 10 heteroatoms. The summed E-state index contributed by atoms with van der Waals surface area (Å²) in [5, 5.41) is 0.632. The summed E-state index contributed by atoms with van der Waals surface area (Å²) in [6, 6.07) is 13.2. The van der Waals surface area contributed by atoms with Gasteiger partial charge in [0.1, 0.15) is 6.04 Å². The van der Waals surface area contributed by atoms with Crippen molar-refractivity contribution in [3.8, 4) is 11.1 Å². The zero-order valence-electron chi connectivity index (χ0n) is 21.5. The number of likely N-dealkylation sites (tertiary alicyclic amines) is 3. The lowest BCUT2D eigenvalue weighted by atomic mass is 10.1. The van der Waals surface area contributed by atoms with Crippen LogP contribution in [0.2, 0.25) is 5.02 Å². The van der Waals surface area contributed by atoms with Crippen molar-refractivity contribution in [2.45, 2.75) is 55.5 Å². The molecule has 0 aromatic heterocycles. The Morgan fingerprint density at radius 1 is 0.868 bits per heavy atom. The van der Waals surface area contributed by atoms with Crippen LogP contribution in [0.25, 0.3) is 11.1 Å². The third-order valence-corrected chi connectivity index (χ3v) is 9.60. The maximum absolute atomic E-state index is 13.2. The fourth-order valence-corrected chi connectivity index (χ4v) is 7.15. The zero-order chi connectivity index (χ0) is 26.7. The molecule has 0 aliphatic carbocycles. The number of hydrogen-bond acceptors (Lipinski definition) is 5. The van der Waals surface area contributed by atoms with Crippen molar-refractivity contribution in [3.05, 3.63) is 53.6 Å². The molecule has 204 valence electrons. The highest BCUT2D eigenvalue weighted by molar-refractivity contribution is 7.89. The molecule has 3 aliphatic rings. The number of amides is 2. The number of rotatable bonds is 8. The Hall–Kier alpha value is -2.46. The second kappa shape index (κ2) is 11.7. The van der Waals surface area contributed by atoms with Gasteiger partial charge in [-0.15, -0.1) is 0 Å². The predicted molar refractivity (Wildman–Crippen MR) is 147 cm³/mol. The molecule has 0 radical (unpaired) electrons. The number of hydrogen-bond donors (Lipinski definition) is 1. The first kappa shape index (κ1) is 27.1. The van der Waals surface area contributed by atoms with Crippen molar-refractivity contribution in [2.75, 3.05) is 39.3 Å². The number of halogens is 1. The van der Waals surface area contributed by atoms with Crippen molar-refractivity contribution in [1.82, 2.24) is 19.4 Å². The lowest BCUT2D eigenvalue weighted by Gasteiger charge is -2.34. The normalized spacial score (nSPS) is 22.8. The second-order valence-electron chi connectivity index (χ2n) is 10.5. The van der Waals surface area contributed by atoms with Crippen molar-refractivity contribution in [3.63, 3.8) is 0 Å². The Morgan fingerprint density at radius 2 is 1.50 bits per heavy atom. The summed E-state index contributed by atoms with van der Waals surface area (Å²) < 4.78 is 28.8. The van der Waals surface area contributed by atoms with E-state index in [1.165, 1.54) is 29.9 Å². The van der Waals surface area contributed by atoms with E-state index < -0.39 is 16.1 Å². The van der Waals surface area contributed by atoms with Crippen LogP contribution in [0.3, 0.4) is 0 Å². The van der Waals surface area contributed by atoms with Crippen molar-refractivity contribution >= 4 is 33.4 Å². The van der Waals surface area contributed by atoms with Gasteiger partial charge in [-0.2, -0.15) is 4.72 Å². The lowest BCUT2D eigenvalue weighted by molar-refractivity contribution is -0.143. The van der Waals surface area contributed by atoms with Crippen LogP contribution in [-0.4, -0.2) is 86.3 Å². The molecule has 0 unspecified atom stereocenters. The van der Waals surface area contributed by atoms with Crippen LogP contribution in [0.15, 0.2) is 53.4 Å². The van der Waals surface area contributed by atoms with Crippen LogP contribution in [0.1, 0.15) is 38.5 Å². The van der Waals surface area contributed by atoms with Gasteiger partial charge in [-0.25, -0.2) is 8.42 Å². The van der Waals surface area contributed by atoms with E-state index in [9.17, 15) is 18.0 Å². The lowest BCUT2D eigenvalue weighted by Crippen LogP contribution is -2.55. The van der Waals surface area contributed by atoms with Crippen molar-refractivity contribution in [2.24, 2.45) is 0 Å². The van der Waals surface area contributed by atoms with E-state index >= 15 is 0 Å². The van der Waals surface area contributed by atoms with Crippen LogP contribution in [-0.2, 0) is 19.6 Å². The van der Waals surface area contributed by atoms with Crippen LogP contribution < -0.4 is 4.72 Å². The molecule has 2 amide bonds. The minimum absolute atomic E-state index is 0.00332. The SMILES string of the molecule is O=C1[C@@H](NS(=O)(=O)c2ccc(-c3ccc(Cl)cc3)cc2)CCCN1CC(=O)N1CCC[C@H]1CN1CCCC1. The van der Waals surface area contributed by atoms with Crippen LogP contribution >= 0.6 is 11.6 Å². The molecule has 2 aromatic carbocycles. The van der Waals surface area contributed by atoms with Crippen LogP contribution in [0, 0.1) is 0 Å². The van der Waals surface area contributed by atoms with Gasteiger partial charge in [0.15, 0.2) is 0 Å².